The number of benzene rings is 1. The Bertz CT molecular complexity index is 1010. The Morgan fingerprint density at radius 3 is 1.80 bits per heavy atom. The maximum absolute atomic E-state index is 7.08. The zero-order valence-electron chi connectivity index (χ0n) is 24.4. The van der Waals surface area contributed by atoms with Crippen molar-refractivity contribution in [1.29, 1.82) is 0 Å². The second-order valence-electron chi connectivity index (χ2n) is 13.7. The zero-order chi connectivity index (χ0) is 26.4. The lowest BCUT2D eigenvalue weighted by Crippen LogP contribution is -2.59. The van der Waals surface area contributed by atoms with Crippen LogP contribution in [-0.2, 0) is 53.9 Å². The van der Waals surface area contributed by atoms with Gasteiger partial charge in [-0.3, -0.25) is 0 Å². The number of methoxy groups -OCH3 is 2. The van der Waals surface area contributed by atoms with E-state index in [4.69, 9.17) is 23.1 Å². The van der Waals surface area contributed by atoms with Crippen LogP contribution in [0.1, 0.15) is 88.0 Å². The SMILES string of the molecule is CCOC1(O[Si](C)(C)C(C)(C)C)Cc2c3c(c4c(c21)CC4(OC)OC)C(O[Si](C)(C)C(C)(C)C)C3. The fourth-order valence-electron chi connectivity index (χ4n) is 5.48. The number of hydrogen-bond acceptors (Lipinski definition) is 5. The first-order valence-electron chi connectivity index (χ1n) is 13.2. The summed E-state index contributed by atoms with van der Waals surface area (Å²) in [5.41, 5.74) is 7.87. The molecule has 5 nitrogen and oxygen atoms in total. The van der Waals surface area contributed by atoms with E-state index in [1.54, 1.807) is 14.2 Å². The van der Waals surface area contributed by atoms with Crippen molar-refractivity contribution < 1.29 is 23.1 Å². The highest BCUT2D eigenvalue weighted by Gasteiger charge is 2.62. The Balaban J connectivity index is 1.82. The fourth-order valence-corrected chi connectivity index (χ4v) is 8.11. The Labute approximate surface area is 215 Å². The van der Waals surface area contributed by atoms with Gasteiger partial charge in [-0.15, -0.1) is 0 Å². The van der Waals surface area contributed by atoms with Crippen LogP contribution in [0.2, 0.25) is 36.3 Å². The third-order valence-corrected chi connectivity index (χ3v) is 18.6. The van der Waals surface area contributed by atoms with Crippen LogP contribution in [0.3, 0.4) is 0 Å². The normalized spacial score (nSPS) is 25.1. The summed E-state index contributed by atoms with van der Waals surface area (Å²) in [6.07, 6.45) is 2.59. The summed E-state index contributed by atoms with van der Waals surface area (Å²) in [6, 6.07) is 0. The topological polar surface area (TPSA) is 46.2 Å². The number of fused-ring (bicyclic) bond motifs is 6. The van der Waals surface area contributed by atoms with Gasteiger partial charge in [0.05, 0.1) is 6.10 Å². The Kier molecular flexibility index (Phi) is 6.46. The maximum Gasteiger partial charge on any atom is 0.199 e. The van der Waals surface area contributed by atoms with Gasteiger partial charge in [-0.05, 0) is 65.4 Å². The van der Waals surface area contributed by atoms with Gasteiger partial charge in [-0.2, -0.15) is 0 Å². The molecule has 0 amide bonds. The van der Waals surface area contributed by atoms with E-state index in [2.05, 4.69) is 74.7 Å². The fraction of sp³-hybridized carbons (Fsp3) is 0.786. The molecule has 0 bridgehead atoms. The number of rotatable bonds is 8. The first kappa shape index (κ1) is 27.5. The molecule has 0 aliphatic heterocycles. The smallest absolute Gasteiger partial charge is 0.199 e. The van der Waals surface area contributed by atoms with Crippen molar-refractivity contribution in [3.8, 4) is 0 Å². The van der Waals surface area contributed by atoms with Crippen LogP contribution >= 0.6 is 0 Å². The molecule has 0 fully saturated rings. The molecule has 198 valence electrons. The molecule has 0 N–H and O–H groups in total. The average Bonchev–Trinajstić information content (AvgIpc) is 2.68. The van der Waals surface area contributed by atoms with E-state index in [0.29, 0.717) is 13.0 Å². The van der Waals surface area contributed by atoms with Crippen LogP contribution in [0.4, 0.5) is 0 Å². The lowest BCUT2D eigenvalue weighted by molar-refractivity contribution is -0.240. The van der Waals surface area contributed by atoms with Gasteiger partial charge in [0, 0.05) is 51.2 Å². The first-order chi connectivity index (χ1) is 15.9. The van der Waals surface area contributed by atoms with Crippen LogP contribution in [0, 0.1) is 0 Å². The van der Waals surface area contributed by atoms with Crippen LogP contribution in [0.25, 0.3) is 0 Å². The molecule has 0 spiro atoms. The van der Waals surface area contributed by atoms with E-state index >= 15 is 0 Å². The lowest BCUT2D eigenvalue weighted by atomic mass is 9.59. The minimum Gasteiger partial charge on any atom is -0.410 e. The lowest BCUT2D eigenvalue weighted by Gasteiger charge is -2.58. The minimum atomic E-state index is -2.07. The summed E-state index contributed by atoms with van der Waals surface area (Å²) >= 11 is 0. The van der Waals surface area contributed by atoms with E-state index < -0.39 is 28.2 Å². The highest BCUT2D eigenvalue weighted by atomic mass is 28.4. The first-order valence-corrected chi connectivity index (χ1v) is 19.1. The molecule has 2 atom stereocenters. The molecule has 3 aliphatic carbocycles. The predicted molar refractivity (Wildman–Crippen MR) is 146 cm³/mol. The Hall–Kier alpha value is -0.546. The Morgan fingerprint density at radius 1 is 0.771 bits per heavy atom. The molecule has 7 heteroatoms. The number of hydrogen-bond donors (Lipinski definition) is 0. The van der Waals surface area contributed by atoms with Crippen molar-refractivity contribution in [2.45, 2.75) is 122 Å². The summed E-state index contributed by atoms with van der Waals surface area (Å²) < 4.78 is 32.6. The van der Waals surface area contributed by atoms with Crippen molar-refractivity contribution >= 4 is 16.6 Å². The summed E-state index contributed by atoms with van der Waals surface area (Å²) in [6.45, 7) is 25.8. The molecule has 2 unspecified atom stereocenters. The summed E-state index contributed by atoms with van der Waals surface area (Å²) in [4.78, 5) is 0. The molecular weight excluding hydrogens is 472 g/mol. The second-order valence-corrected chi connectivity index (χ2v) is 23.2. The van der Waals surface area contributed by atoms with E-state index in [1.807, 2.05) is 0 Å². The largest absolute Gasteiger partial charge is 0.410 e. The molecule has 0 saturated carbocycles. The van der Waals surface area contributed by atoms with Gasteiger partial charge in [0.1, 0.15) is 0 Å². The molecule has 35 heavy (non-hydrogen) atoms. The molecule has 0 saturated heterocycles. The molecule has 4 rings (SSSR count). The van der Waals surface area contributed by atoms with Gasteiger partial charge >= 0.3 is 0 Å². The molecule has 0 radical (unpaired) electrons. The molecule has 0 aromatic heterocycles. The summed E-state index contributed by atoms with van der Waals surface area (Å²) in [5.74, 6) is -1.38. The highest BCUT2D eigenvalue weighted by molar-refractivity contribution is 6.74. The van der Waals surface area contributed by atoms with Crippen LogP contribution in [0.5, 0.6) is 0 Å². The molecule has 1 aromatic rings. The standard InChI is InChI=1S/C28H48O5Si2/c1-14-31-28(33-35(12,13)26(5,6)7)16-19-18-15-21(32-34(10,11)25(2,3)4)22(18)24-20(23(19)28)17-27(24,29-8)30-9/h21H,14-17H2,1-13H3. The Morgan fingerprint density at radius 2 is 1.31 bits per heavy atom. The minimum absolute atomic E-state index is 0.102. The van der Waals surface area contributed by atoms with Gasteiger partial charge in [-0.25, -0.2) is 0 Å². The summed E-state index contributed by atoms with van der Waals surface area (Å²) in [7, 11) is -0.487. The van der Waals surface area contributed by atoms with Crippen LogP contribution in [-0.4, -0.2) is 37.5 Å². The molecular formula is C28H48O5Si2. The van der Waals surface area contributed by atoms with Crippen molar-refractivity contribution in [2.75, 3.05) is 20.8 Å². The van der Waals surface area contributed by atoms with Crippen LogP contribution < -0.4 is 0 Å². The monoisotopic (exact) mass is 520 g/mol. The zero-order valence-corrected chi connectivity index (χ0v) is 26.4. The maximum atomic E-state index is 7.08. The van der Waals surface area contributed by atoms with E-state index in [1.165, 1.54) is 33.4 Å². The van der Waals surface area contributed by atoms with Gasteiger partial charge < -0.3 is 23.1 Å². The molecule has 3 aliphatic rings. The quantitative estimate of drug-likeness (QED) is 0.271. The highest BCUT2D eigenvalue weighted by Crippen LogP contribution is 2.63. The van der Waals surface area contributed by atoms with Gasteiger partial charge in [0.2, 0.25) is 0 Å². The average molecular weight is 521 g/mol. The van der Waals surface area contributed by atoms with Gasteiger partial charge in [0.15, 0.2) is 28.2 Å². The van der Waals surface area contributed by atoms with Gasteiger partial charge in [0.25, 0.3) is 0 Å². The van der Waals surface area contributed by atoms with E-state index in [-0.39, 0.29) is 16.2 Å². The summed E-state index contributed by atoms with van der Waals surface area (Å²) in [5, 5.41) is 0.265. The van der Waals surface area contributed by atoms with E-state index in [9.17, 15) is 0 Å². The van der Waals surface area contributed by atoms with Crippen molar-refractivity contribution in [3.63, 3.8) is 0 Å². The second kappa shape index (κ2) is 8.22. The van der Waals surface area contributed by atoms with E-state index in [0.717, 1.165) is 12.8 Å². The van der Waals surface area contributed by atoms with Crippen molar-refractivity contribution in [2.24, 2.45) is 0 Å². The van der Waals surface area contributed by atoms with Crippen molar-refractivity contribution in [1.82, 2.24) is 0 Å². The van der Waals surface area contributed by atoms with Crippen molar-refractivity contribution in [3.05, 3.63) is 33.4 Å². The number of ether oxygens (including phenoxy) is 3. The predicted octanol–water partition coefficient (Wildman–Crippen LogP) is 7.07. The molecule has 0 heterocycles. The third-order valence-electron chi connectivity index (χ3n) is 9.66. The van der Waals surface area contributed by atoms with Gasteiger partial charge in [-0.1, -0.05) is 41.5 Å². The van der Waals surface area contributed by atoms with Crippen LogP contribution in [0.15, 0.2) is 0 Å². The molecule has 1 aromatic carbocycles. The third kappa shape index (κ3) is 3.87.